The van der Waals surface area contributed by atoms with Crippen molar-refractivity contribution in [3.05, 3.63) is 120 Å². The summed E-state index contributed by atoms with van der Waals surface area (Å²) in [5.41, 5.74) is 2.63. The molecule has 0 N–H and O–H groups in total. The van der Waals surface area contributed by atoms with Gasteiger partial charge in [-0.05, 0) is 24.1 Å². The topological polar surface area (TPSA) is 9.23 Å². The van der Waals surface area contributed by atoms with Gasteiger partial charge in [0.05, 0.1) is 0 Å². The second kappa shape index (κ2) is 18.5. The minimum atomic E-state index is 0. The van der Waals surface area contributed by atoms with Crippen LogP contribution in [0.1, 0.15) is 11.1 Å². The Balaban J connectivity index is 0.000000465. The van der Waals surface area contributed by atoms with E-state index >= 15 is 0 Å². The summed E-state index contributed by atoms with van der Waals surface area (Å²) >= 11 is 2.99. The van der Waals surface area contributed by atoms with Crippen molar-refractivity contribution >= 4 is 24.1 Å². The molecule has 0 saturated carbocycles. The fourth-order valence-electron chi connectivity index (χ4n) is 1.88. The minimum absolute atomic E-state index is 0. The van der Waals surface area contributed by atoms with Crippen molar-refractivity contribution in [2.45, 2.75) is 11.5 Å². The van der Waals surface area contributed by atoms with Crippen molar-refractivity contribution in [1.29, 1.82) is 0 Å². The van der Waals surface area contributed by atoms with E-state index in [2.05, 4.69) is 24.3 Å². The molecule has 0 aromatic heterocycles. The third-order valence-electron chi connectivity index (χ3n) is 3.12. The standard InChI is InChI=1S/C12H12OS2.2C5H5.2Fe/c1-2-6-11(5-1)9-14-13-15-10-12-7-3-4-8-12;2*1-2-4-5-3-1;;/h1-8H,9-10H2;2*1-5H;;/q-2;-5;-1;;. The van der Waals surface area contributed by atoms with E-state index in [-0.39, 0.29) is 34.1 Å². The van der Waals surface area contributed by atoms with Gasteiger partial charge in [0.1, 0.15) is 0 Å². The Labute approximate surface area is 192 Å². The van der Waals surface area contributed by atoms with E-state index in [1.165, 1.54) is 35.2 Å². The summed E-state index contributed by atoms with van der Waals surface area (Å²) < 4.78 is 5.41. The Hall–Kier alpha value is -0.901. The van der Waals surface area contributed by atoms with Gasteiger partial charge in [0.25, 0.3) is 0 Å². The Morgan fingerprint density at radius 3 is 1.26 bits per heavy atom. The molecule has 27 heavy (non-hydrogen) atoms. The molecule has 5 heteroatoms. The van der Waals surface area contributed by atoms with Crippen LogP contribution < -0.4 is 0 Å². The molecule has 4 rings (SSSR count). The van der Waals surface area contributed by atoms with Crippen LogP contribution in [0, 0.1) is 0 Å². The van der Waals surface area contributed by atoms with Crippen LogP contribution in [0.3, 0.4) is 0 Å². The summed E-state index contributed by atoms with van der Waals surface area (Å²) in [4.78, 5) is 0. The molecule has 152 valence electrons. The zero-order valence-corrected chi connectivity index (χ0v) is 18.6. The summed E-state index contributed by atoms with van der Waals surface area (Å²) in [5.74, 6) is 1.84. The molecule has 0 atom stereocenters. The van der Waals surface area contributed by atoms with Gasteiger partial charge >= 0.3 is 0 Å². The zero-order chi connectivity index (χ0) is 17.4. The van der Waals surface area contributed by atoms with Gasteiger partial charge in [-0.1, -0.05) is 0 Å². The van der Waals surface area contributed by atoms with E-state index in [9.17, 15) is 0 Å². The zero-order valence-electron chi connectivity index (χ0n) is 14.7. The first-order valence-electron chi connectivity index (χ1n) is 8.11. The summed E-state index contributed by atoms with van der Waals surface area (Å²) in [7, 11) is 0. The first-order chi connectivity index (χ1) is 12.4. The second-order valence-corrected chi connectivity index (χ2v) is 6.70. The molecular weight excluding hydrogens is 456 g/mol. The van der Waals surface area contributed by atoms with Gasteiger partial charge in [-0.3, -0.25) is 0 Å². The summed E-state index contributed by atoms with van der Waals surface area (Å²) in [6.07, 6.45) is 0. The predicted molar refractivity (Wildman–Crippen MR) is 112 cm³/mol. The molecule has 1 nitrogen and oxygen atoms in total. The Morgan fingerprint density at radius 1 is 0.593 bits per heavy atom. The molecular formula is C22H22Fe2OS2-8. The van der Waals surface area contributed by atoms with Crippen LogP contribution in [-0.4, -0.2) is 0 Å². The van der Waals surface area contributed by atoms with E-state index in [0.717, 1.165) is 11.5 Å². The van der Waals surface area contributed by atoms with Crippen LogP contribution in [0.4, 0.5) is 0 Å². The minimum Gasteiger partial charge on any atom is -0.748 e. The molecule has 0 fully saturated rings. The number of hydrogen-bond donors (Lipinski definition) is 0. The van der Waals surface area contributed by atoms with Gasteiger partial charge in [0, 0.05) is 45.6 Å². The molecule has 0 aliphatic carbocycles. The molecule has 0 aliphatic heterocycles. The van der Waals surface area contributed by atoms with Crippen molar-refractivity contribution in [1.82, 2.24) is 0 Å². The largest absolute Gasteiger partial charge is 0.748 e. The predicted octanol–water partition coefficient (Wildman–Crippen LogP) is 6.94. The molecule has 0 heterocycles. The maximum absolute atomic E-state index is 5.41. The van der Waals surface area contributed by atoms with Gasteiger partial charge in [0.15, 0.2) is 0 Å². The maximum Gasteiger partial charge on any atom is 0.000878 e. The van der Waals surface area contributed by atoms with Crippen molar-refractivity contribution < 1.29 is 37.8 Å². The first-order valence-corrected chi connectivity index (χ1v) is 9.93. The maximum atomic E-state index is 5.41. The smallest absolute Gasteiger partial charge is 0.000878 e. The molecule has 4 aromatic rings. The van der Waals surface area contributed by atoms with Gasteiger partial charge in [-0.15, -0.1) is 11.1 Å². The number of rotatable bonds is 6. The fourth-order valence-corrected chi connectivity index (χ4v) is 3.19. The van der Waals surface area contributed by atoms with Gasteiger partial charge in [-0.2, -0.15) is 42.5 Å². The van der Waals surface area contributed by atoms with Crippen LogP contribution in [0.15, 0.2) is 109 Å². The molecule has 0 radical (unpaired) electrons. The SMILES string of the molecule is [Fe].[Fe].[cH-]1[cH-][cH-][cH-][cH-]1.c1cc[c-](CSOSC[c-]2cccc2)c1.c1cc[cH-]c1. The van der Waals surface area contributed by atoms with Gasteiger partial charge in [-0.25, -0.2) is 40.0 Å². The third-order valence-corrected chi connectivity index (χ3v) is 4.79. The van der Waals surface area contributed by atoms with Crippen LogP contribution in [0.2, 0.25) is 0 Å². The van der Waals surface area contributed by atoms with E-state index in [0.29, 0.717) is 0 Å². The molecule has 0 amide bonds. The second-order valence-electron chi connectivity index (χ2n) is 5.10. The Morgan fingerprint density at radius 2 is 0.963 bits per heavy atom. The van der Waals surface area contributed by atoms with E-state index < -0.39 is 0 Å². The Kier molecular flexibility index (Phi) is 17.8. The van der Waals surface area contributed by atoms with E-state index in [1.54, 1.807) is 0 Å². The summed E-state index contributed by atoms with van der Waals surface area (Å²) in [5, 5.41) is 0. The molecule has 0 unspecified atom stereocenters. The normalized spacial score (nSPS) is 8.89. The molecule has 0 bridgehead atoms. The van der Waals surface area contributed by atoms with Crippen LogP contribution >= 0.6 is 24.1 Å². The van der Waals surface area contributed by atoms with Gasteiger partial charge < -0.3 is 30.3 Å². The molecule has 0 saturated heterocycles. The van der Waals surface area contributed by atoms with Crippen LogP contribution in [0.25, 0.3) is 0 Å². The average molecular weight is 478 g/mol. The van der Waals surface area contributed by atoms with Crippen LogP contribution in [0.5, 0.6) is 0 Å². The third kappa shape index (κ3) is 13.8. The summed E-state index contributed by atoms with van der Waals surface area (Å²) in [6, 6.07) is 36.6. The van der Waals surface area contributed by atoms with Crippen molar-refractivity contribution in [2.75, 3.05) is 0 Å². The van der Waals surface area contributed by atoms with E-state index in [1.807, 2.05) is 84.9 Å². The molecule has 0 spiro atoms. The van der Waals surface area contributed by atoms with Gasteiger partial charge in [0.2, 0.25) is 0 Å². The summed E-state index contributed by atoms with van der Waals surface area (Å²) in [6.45, 7) is 0. The van der Waals surface area contributed by atoms with Crippen molar-refractivity contribution in [3.63, 3.8) is 0 Å². The average Bonchev–Trinajstić information content (AvgIpc) is 3.48. The fraction of sp³-hybridized carbons (Fsp3) is 0.0909. The Bertz CT molecular complexity index is 591. The first kappa shape index (κ1) is 26.1. The van der Waals surface area contributed by atoms with Crippen molar-refractivity contribution in [2.24, 2.45) is 0 Å². The van der Waals surface area contributed by atoms with Crippen molar-refractivity contribution in [3.8, 4) is 0 Å². The van der Waals surface area contributed by atoms with Crippen LogP contribution in [-0.2, 0) is 49.3 Å². The van der Waals surface area contributed by atoms with E-state index in [4.69, 9.17) is 3.63 Å². The number of hydrogen-bond acceptors (Lipinski definition) is 3. The quantitative estimate of drug-likeness (QED) is 0.129. The molecule has 0 aliphatic rings. The monoisotopic (exact) mass is 478 g/mol. The molecule has 4 aromatic carbocycles.